The molecule has 2 heterocycles. The topological polar surface area (TPSA) is 142 Å². The van der Waals surface area contributed by atoms with Gasteiger partial charge in [0, 0.05) is 46.4 Å². The number of hydrogen-bond donors (Lipinski definition) is 0. The van der Waals surface area contributed by atoms with Crippen LogP contribution in [0.5, 0.6) is 11.5 Å². The van der Waals surface area contributed by atoms with Crippen molar-refractivity contribution >= 4 is 22.8 Å². The van der Waals surface area contributed by atoms with Crippen molar-refractivity contribution in [2.24, 2.45) is 0 Å². The van der Waals surface area contributed by atoms with Crippen molar-refractivity contribution in [3.63, 3.8) is 0 Å². The van der Waals surface area contributed by atoms with Gasteiger partial charge >= 0.3 is 0 Å². The Morgan fingerprint density at radius 1 is 0.506 bits per heavy atom. The number of halogens is 5. The molecule has 0 unspecified atom stereocenters. The van der Waals surface area contributed by atoms with Crippen LogP contribution in [-0.4, -0.2) is 35.3 Å². The van der Waals surface area contributed by atoms with Crippen LogP contribution in [0, 0.1) is 51.7 Å². The van der Waals surface area contributed by atoms with E-state index in [0.717, 1.165) is 29.3 Å². The van der Waals surface area contributed by atoms with Gasteiger partial charge in [-0.2, -0.15) is 10.5 Å². The predicted molar refractivity (Wildman–Crippen MR) is 278 cm³/mol. The summed E-state index contributed by atoms with van der Waals surface area (Å²) in [6, 6.07) is 55.5. The van der Waals surface area contributed by atoms with Crippen LogP contribution in [0.25, 0.3) is 0 Å². The second-order valence-corrected chi connectivity index (χ2v) is 17.4. The largest absolute Gasteiger partial charge is 0.457 e. The van der Waals surface area contributed by atoms with Gasteiger partial charge in [0.25, 0.3) is 0 Å². The summed E-state index contributed by atoms with van der Waals surface area (Å²) in [4.78, 5) is 16.2. The Kier molecular flexibility index (Phi) is 16.2. The molecule has 0 saturated heterocycles. The molecule has 12 nitrogen and oxygen atoms in total. The lowest BCUT2D eigenvalue weighted by Crippen LogP contribution is -2.26. The van der Waals surface area contributed by atoms with Gasteiger partial charge in [-0.25, -0.2) is 22.0 Å². The maximum absolute atomic E-state index is 14.6. The number of benzene rings is 8. The van der Waals surface area contributed by atoms with Gasteiger partial charge in [0.15, 0.2) is 29.1 Å². The SMILES string of the molecule is N#Cc1ccc(Cn2cnnc2CN(Cc2c(F)ccc(F)c2F)c2ccc(Oc3ccccc3)cc2)cc1.N#Cc1ccc(Cn2cnnc2CN(c2ccc(C(=O)c3ccccc3)cc2)c2cc(F)cc(F)c2)cc1. The Labute approximate surface area is 439 Å². The third-order valence-corrected chi connectivity index (χ3v) is 12.2. The molecule has 0 radical (unpaired) electrons. The van der Waals surface area contributed by atoms with Gasteiger partial charge in [0.05, 0.1) is 49.4 Å². The van der Waals surface area contributed by atoms with Crippen LogP contribution in [0.4, 0.5) is 39.0 Å². The van der Waals surface area contributed by atoms with E-state index in [0.29, 0.717) is 69.9 Å². The lowest BCUT2D eigenvalue weighted by molar-refractivity contribution is 0.103. The monoisotopic (exact) mass is 1030 g/mol. The van der Waals surface area contributed by atoms with Gasteiger partial charge in [-0.3, -0.25) is 4.79 Å². The number of ether oxygens (including phenoxy) is 1. The summed E-state index contributed by atoms with van der Waals surface area (Å²) in [7, 11) is 0. The maximum Gasteiger partial charge on any atom is 0.193 e. The molecule has 0 amide bonds. The molecule has 77 heavy (non-hydrogen) atoms. The predicted octanol–water partition coefficient (Wildman–Crippen LogP) is 12.7. The zero-order valence-electron chi connectivity index (χ0n) is 40.8. The summed E-state index contributed by atoms with van der Waals surface area (Å²) in [5, 5.41) is 34.6. The average Bonchev–Trinajstić information content (AvgIpc) is 4.11. The molecule has 0 bridgehead atoms. The summed E-state index contributed by atoms with van der Waals surface area (Å²) in [6.45, 7) is 0.909. The van der Waals surface area contributed by atoms with E-state index in [9.17, 15) is 26.7 Å². The van der Waals surface area contributed by atoms with Crippen molar-refractivity contribution in [3.05, 3.63) is 280 Å². The summed E-state index contributed by atoms with van der Waals surface area (Å²) in [5.41, 5.74) is 5.17. The third kappa shape index (κ3) is 13.1. The summed E-state index contributed by atoms with van der Waals surface area (Å²) >= 11 is 0. The highest BCUT2D eigenvalue weighted by molar-refractivity contribution is 6.09. The molecule has 380 valence electrons. The molecule has 0 spiro atoms. The van der Waals surface area contributed by atoms with E-state index in [1.54, 1.807) is 124 Å². The number of para-hydroxylation sites is 1. The fraction of sp³-hybridized carbons (Fsp3) is 0.0833. The second kappa shape index (κ2) is 24.2. The molecule has 0 aliphatic rings. The quantitative estimate of drug-likeness (QED) is 0.0491. The zero-order valence-corrected chi connectivity index (χ0v) is 40.8. The van der Waals surface area contributed by atoms with E-state index in [2.05, 4.69) is 32.5 Å². The molecule has 8 aromatic carbocycles. The van der Waals surface area contributed by atoms with Gasteiger partial charge in [0.1, 0.15) is 41.6 Å². The molecule has 0 N–H and O–H groups in total. The fourth-order valence-corrected chi connectivity index (χ4v) is 8.21. The molecule has 10 aromatic rings. The number of hydrogen-bond acceptors (Lipinski definition) is 10. The number of carbonyl (C=O) groups excluding carboxylic acids is 1. The number of anilines is 3. The first-order valence-electron chi connectivity index (χ1n) is 23.9. The van der Waals surface area contributed by atoms with Crippen molar-refractivity contribution in [2.75, 3.05) is 9.80 Å². The summed E-state index contributed by atoms with van der Waals surface area (Å²) < 4.78 is 81.1. The maximum atomic E-state index is 14.6. The van der Waals surface area contributed by atoms with E-state index in [-0.39, 0.29) is 31.1 Å². The van der Waals surface area contributed by atoms with Crippen molar-refractivity contribution in [3.8, 4) is 23.6 Å². The van der Waals surface area contributed by atoms with Gasteiger partial charge in [-0.05, 0) is 120 Å². The number of nitrogens with zero attached hydrogens (tertiary/aromatic N) is 10. The summed E-state index contributed by atoms with van der Waals surface area (Å²) in [6.07, 6.45) is 3.14. The molecule has 2 aromatic heterocycles. The van der Waals surface area contributed by atoms with Crippen LogP contribution in [0.3, 0.4) is 0 Å². The van der Waals surface area contributed by atoms with Gasteiger partial charge in [0.2, 0.25) is 0 Å². The van der Waals surface area contributed by atoms with Gasteiger partial charge in [-0.1, -0.05) is 72.8 Å². The number of nitriles is 2. The number of ketones is 1. The highest BCUT2D eigenvalue weighted by atomic mass is 19.2. The fourth-order valence-electron chi connectivity index (χ4n) is 8.21. The van der Waals surface area contributed by atoms with Crippen LogP contribution in [-0.2, 0) is 32.7 Å². The number of carbonyl (C=O) groups is 1. The van der Waals surface area contributed by atoms with Crippen molar-refractivity contribution in [2.45, 2.75) is 32.7 Å². The lowest BCUT2D eigenvalue weighted by atomic mass is 10.0. The van der Waals surface area contributed by atoms with E-state index in [1.165, 1.54) is 12.1 Å². The standard InChI is InChI=1S/C30H22F3N5O.C30H21F2N5O/c31-27-14-15-28(32)30(33)26(27)18-37(23-10-12-25(13-11-23)39-24-4-2-1-3-5-24)19-29-36-35-20-38(29)17-22-8-6-21(16-34)7-9-22;31-25-14-26(32)16-28(15-25)37(27-12-10-24(11-13-27)30(38)23-4-2-1-3-5-23)19-29-35-34-20-36(29)18-22-8-6-21(17-33)7-9-22/h1-15,20H,17-19H2;1-16,20H,18-19H2. The first-order valence-corrected chi connectivity index (χ1v) is 23.9. The second-order valence-electron chi connectivity index (χ2n) is 17.4. The van der Waals surface area contributed by atoms with Crippen LogP contribution in [0.1, 0.15) is 55.4 Å². The Hall–Kier alpha value is -10.3. The Morgan fingerprint density at radius 3 is 1.56 bits per heavy atom. The van der Waals surface area contributed by atoms with E-state index < -0.39 is 34.6 Å². The molecular weight excluding hydrogens is 988 g/mol. The van der Waals surface area contributed by atoms with E-state index >= 15 is 0 Å². The first kappa shape index (κ1) is 51.6. The summed E-state index contributed by atoms with van der Waals surface area (Å²) in [5.74, 6) is -2.40. The minimum absolute atomic E-state index is 0.123. The molecule has 0 fully saturated rings. The van der Waals surface area contributed by atoms with Crippen molar-refractivity contribution in [1.82, 2.24) is 29.5 Å². The molecule has 10 rings (SSSR count). The number of rotatable bonds is 17. The van der Waals surface area contributed by atoms with E-state index in [4.69, 9.17) is 15.3 Å². The normalized spacial score (nSPS) is 10.7. The average molecular weight is 1030 g/mol. The van der Waals surface area contributed by atoms with Crippen LogP contribution in [0.2, 0.25) is 0 Å². The van der Waals surface area contributed by atoms with Crippen molar-refractivity contribution < 1.29 is 31.5 Å². The molecule has 0 aliphatic carbocycles. The Morgan fingerprint density at radius 2 is 1.00 bits per heavy atom. The molecule has 0 saturated carbocycles. The minimum Gasteiger partial charge on any atom is -0.457 e. The van der Waals surface area contributed by atoms with Gasteiger partial charge in [-0.15, -0.1) is 20.4 Å². The zero-order chi connectivity index (χ0) is 53.7. The van der Waals surface area contributed by atoms with Crippen LogP contribution >= 0.6 is 0 Å². The highest BCUT2D eigenvalue weighted by Gasteiger charge is 2.21. The minimum atomic E-state index is -1.23. The number of aromatic nitrogens is 6. The first-order chi connectivity index (χ1) is 37.5. The van der Waals surface area contributed by atoms with Crippen LogP contribution < -0.4 is 14.5 Å². The van der Waals surface area contributed by atoms with E-state index in [1.807, 2.05) is 65.2 Å². The lowest BCUT2D eigenvalue weighted by Gasteiger charge is -2.25. The Balaban J connectivity index is 0.000000188. The molecule has 0 atom stereocenters. The third-order valence-electron chi connectivity index (χ3n) is 12.2. The Bertz CT molecular complexity index is 3680. The molecular formula is C60H43F5N10O2. The smallest absolute Gasteiger partial charge is 0.193 e. The molecule has 0 aliphatic heterocycles. The van der Waals surface area contributed by atoms with Gasteiger partial charge < -0.3 is 23.7 Å². The highest BCUT2D eigenvalue weighted by Crippen LogP contribution is 2.31. The van der Waals surface area contributed by atoms with Crippen LogP contribution in [0.15, 0.2) is 201 Å². The van der Waals surface area contributed by atoms with Crippen molar-refractivity contribution in [1.29, 1.82) is 10.5 Å². The molecule has 17 heteroatoms.